The number of likely N-dealkylation sites (N-methyl/N-ethyl adjacent to an activating group) is 1. The molecule has 0 radical (unpaired) electrons. The lowest BCUT2D eigenvalue weighted by atomic mass is 10.0. The van der Waals surface area contributed by atoms with Gasteiger partial charge in [0.1, 0.15) is 0 Å². The highest BCUT2D eigenvalue weighted by atomic mass is 32.1. The molecule has 1 rings (SSSR count). The van der Waals surface area contributed by atoms with E-state index in [0.29, 0.717) is 6.04 Å². The standard InChI is InChI=1S/C13H24N2OS/c1-9-6-7-17-13(9)12(11(3)14)15(4)10(2)8-16-5/h6-7,10-12H,8,14H2,1-5H3. The summed E-state index contributed by atoms with van der Waals surface area (Å²) < 4.78 is 5.22. The Morgan fingerprint density at radius 2 is 2.12 bits per heavy atom. The van der Waals surface area contributed by atoms with Gasteiger partial charge in [0, 0.05) is 24.1 Å². The molecule has 0 spiro atoms. The highest BCUT2D eigenvalue weighted by Crippen LogP contribution is 2.31. The van der Waals surface area contributed by atoms with Crippen LogP contribution in [0.5, 0.6) is 0 Å². The molecule has 0 bridgehead atoms. The molecule has 4 heteroatoms. The molecule has 3 atom stereocenters. The van der Waals surface area contributed by atoms with E-state index in [2.05, 4.69) is 44.2 Å². The molecule has 0 fully saturated rings. The van der Waals surface area contributed by atoms with Crippen molar-refractivity contribution in [2.45, 2.75) is 38.9 Å². The minimum Gasteiger partial charge on any atom is -0.383 e. The monoisotopic (exact) mass is 256 g/mol. The van der Waals surface area contributed by atoms with E-state index in [1.807, 2.05) is 0 Å². The molecule has 3 unspecified atom stereocenters. The molecule has 3 nitrogen and oxygen atoms in total. The van der Waals surface area contributed by atoms with Crippen LogP contribution >= 0.6 is 11.3 Å². The Kier molecular flexibility index (Phi) is 5.59. The predicted octanol–water partition coefficient (Wildman–Crippen LogP) is 2.41. The molecule has 0 aromatic carbocycles. The van der Waals surface area contributed by atoms with Crippen LogP contribution in [0, 0.1) is 6.92 Å². The van der Waals surface area contributed by atoms with Gasteiger partial charge in [-0.2, -0.15) is 0 Å². The SMILES string of the molecule is COCC(C)N(C)C(c1sccc1C)C(C)N. The van der Waals surface area contributed by atoms with Gasteiger partial charge in [-0.3, -0.25) is 4.90 Å². The fraction of sp³-hybridized carbons (Fsp3) is 0.692. The maximum Gasteiger partial charge on any atom is 0.0615 e. The third-order valence-corrected chi connectivity index (χ3v) is 4.30. The molecule has 0 amide bonds. The van der Waals surface area contributed by atoms with Crippen molar-refractivity contribution in [3.8, 4) is 0 Å². The third-order valence-electron chi connectivity index (χ3n) is 3.21. The Morgan fingerprint density at radius 3 is 2.53 bits per heavy atom. The number of hydrogen-bond acceptors (Lipinski definition) is 4. The Labute approximate surface area is 109 Å². The lowest BCUT2D eigenvalue weighted by molar-refractivity contribution is 0.0829. The number of thiophene rings is 1. The second kappa shape index (κ2) is 6.50. The Bertz CT molecular complexity index is 338. The molecule has 0 saturated heterocycles. The van der Waals surface area contributed by atoms with Crippen molar-refractivity contribution in [1.29, 1.82) is 0 Å². The van der Waals surface area contributed by atoms with E-state index in [1.165, 1.54) is 10.4 Å². The summed E-state index contributed by atoms with van der Waals surface area (Å²) in [6, 6.07) is 2.89. The van der Waals surface area contributed by atoms with Gasteiger partial charge >= 0.3 is 0 Å². The summed E-state index contributed by atoms with van der Waals surface area (Å²) >= 11 is 1.79. The van der Waals surface area contributed by atoms with Crippen LogP contribution in [-0.2, 0) is 4.74 Å². The van der Waals surface area contributed by atoms with E-state index in [-0.39, 0.29) is 12.1 Å². The number of hydrogen-bond donors (Lipinski definition) is 1. The molecular weight excluding hydrogens is 232 g/mol. The molecule has 0 saturated carbocycles. The summed E-state index contributed by atoms with van der Waals surface area (Å²) in [5.74, 6) is 0. The first kappa shape index (κ1) is 14.6. The first-order valence-electron chi connectivity index (χ1n) is 5.99. The smallest absolute Gasteiger partial charge is 0.0615 e. The zero-order chi connectivity index (χ0) is 13.0. The van der Waals surface area contributed by atoms with Crippen LogP contribution in [-0.4, -0.2) is 37.7 Å². The number of ether oxygens (including phenoxy) is 1. The second-order valence-corrected chi connectivity index (χ2v) is 5.69. The van der Waals surface area contributed by atoms with Crippen molar-refractivity contribution in [3.63, 3.8) is 0 Å². The van der Waals surface area contributed by atoms with Crippen molar-refractivity contribution >= 4 is 11.3 Å². The number of nitrogens with zero attached hydrogens (tertiary/aromatic N) is 1. The summed E-state index contributed by atoms with van der Waals surface area (Å²) in [5.41, 5.74) is 7.48. The van der Waals surface area contributed by atoms with Gasteiger partial charge in [0.15, 0.2) is 0 Å². The molecule has 0 aliphatic rings. The average Bonchev–Trinajstić information content (AvgIpc) is 2.65. The van der Waals surface area contributed by atoms with Gasteiger partial charge in [-0.15, -0.1) is 11.3 Å². The molecule has 0 aliphatic carbocycles. The van der Waals surface area contributed by atoms with Crippen LogP contribution in [0.4, 0.5) is 0 Å². The maximum atomic E-state index is 6.16. The van der Waals surface area contributed by atoms with Gasteiger partial charge in [-0.05, 0) is 44.8 Å². The Balaban J connectivity index is 2.90. The first-order valence-corrected chi connectivity index (χ1v) is 6.87. The third kappa shape index (κ3) is 3.52. The number of nitrogens with two attached hydrogens (primary N) is 1. The van der Waals surface area contributed by atoms with Crippen LogP contribution in [0.15, 0.2) is 11.4 Å². The molecular formula is C13H24N2OS. The zero-order valence-corrected chi connectivity index (χ0v) is 12.3. The van der Waals surface area contributed by atoms with Crippen molar-refractivity contribution in [2.24, 2.45) is 5.73 Å². The topological polar surface area (TPSA) is 38.5 Å². The highest BCUT2D eigenvalue weighted by Gasteiger charge is 2.26. The maximum absolute atomic E-state index is 6.16. The molecule has 1 aromatic heterocycles. The van der Waals surface area contributed by atoms with Crippen molar-refractivity contribution < 1.29 is 4.74 Å². The quantitative estimate of drug-likeness (QED) is 0.849. The van der Waals surface area contributed by atoms with Gasteiger partial charge in [0.25, 0.3) is 0 Å². The van der Waals surface area contributed by atoms with E-state index in [0.717, 1.165) is 6.61 Å². The van der Waals surface area contributed by atoms with E-state index in [9.17, 15) is 0 Å². The summed E-state index contributed by atoms with van der Waals surface area (Å²) in [4.78, 5) is 3.68. The van der Waals surface area contributed by atoms with Crippen molar-refractivity contribution in [1.82, 2.24) is 4.90 Å². The predicted molar refractivity (Wildman–Crippen MR) is 74.5 cm³/mol. The van der Waals surface area contributed by atoms with Crippen molar-refractivity contribution in [3.05, 3.63) is 21.9 Å². The van der Waals surface area contributed by atoms with Gasteiger partial charge in [-0.1, -0.05) is 0 Å². The Hall–Kier alpha value is -0.420. The first-order chi connectivity index (χ1) is 7.99. The fourth-order valence-electron chi connectivity index (χ4n) is 2.11. The van der Waals surface area contributed by atoms with Gasteiger partial charge in [0.2, 0.25) is 0 Å². The lowest BCUT2D eigenvalue weighted by Crippen LogP contribution is -2.43. The van der Waals surface area contributed by atoms with E-state index < -0.39 is 0 Å². The minimum atomic E-state index is 0.108. The van der Waals surface area contributed by atoms with Gasteiger partial charge in [0.05, 0.1) is 12.6 Å². The van der Waals surface area contributed by atoms with Gasteiger partial charge < -0.3 is 10.5 Å². The normalized spacial score (nSPS) is 17.1. The fourth-order valence-corrected chi connectivity index (χ4v) is 3.31. The summed E-state index contributed by atoms with van der Waals surface area (Å²) in [6.07, 6.45) is 0. The molecule has 0 aliphatic heterocycles. The zero-order valence-electron chi connectivity index (χ0n) is 11.4. The average molecular weight is 256 g/mol. The molecule has 1 aromatic rings. The highest BCUT2D eigenvalue weighted by molar-refractivity contribution is 7.10. The molecule has 2 N–H and O–H groups in total. The second-order valence-electron chi connectivity index (χ2n) is 4.74. The van der Waals surface area contributed by atoms with Gasteiger partial charge in [-0.25, -0.2) is 0 Å². The number of rotatable bonds is 6. The van der Waals surface area contributed by atoms with E-state index in [4.69, 9.17) is 10.5 Å². The number of aryl methyl sites for hydroxylation is 1. The minimum absolute atomic E-state index is 0.108. The van der Waals surface area contributed by atoms with Crippen LogP contribution in [0.2, 0.25) is 0 Å². The van der Waals surface area contributed by atoms with Crippen molar-refractivity contribution in [2.75, 3.05) is 20.8 Å². The molecule has 98 valence electrons. The summed E-state index contributed by atoms with van der Waals surface area (Å²) in [5, 5.41) is 2.13. The van der Waals surface area contributed by atoms with Crippen LogP contribution in [0.3, 0.4) is 0 Å². The summed E-state index contributed by atoms with van der Waals surface area (Å²) in [6.45, 7) is 7.11. The van der Waals surface area contributed by atoms with Crippen LogP contribution in [0.1, 0.15) is 30.3 Å². The van der Waals surface area contributed by atoms with Crippen LogP contribution < -0.4 is 5.73 Å². The lowest BCUT2D eigenvalue weighted by Gasteiger charge is -2.35. The largest absolute Gasteiger partial charge is 0.383 e. The summed E-state index contributed by atoms with van der Waals surface area (Å²) in [7, 11) is 3.86. The molecule has 1 heterocycles. The Morgan fingerprint density at radius 1 is 1.47 bits per heavy atom. The van der Waals surface area contributed by atoms with E-state index >= 15 is 0 Å². The number of methoxy groups -OCH3 is 1. The van der Waals surface area contributed by atoms with E-state index in [1.54, 1.807) is 18.4 Å². The van der Waals surface area contributed by atoms with Crippen LogP contribution in [0.25, 0.3) is 0 Å². The molecule has 17 heavy (non-hydrogen) atoms.